The van der Waals surface area contributed by atoms with Crippen LogP contribution in [0.5, 0.6) is 11.5 Å². The van der Waals surface area contributed by atoms with Crippen molar-refractivity contribution in [3.63, 3.8) is 0 Å². The van der Waals surface area contributed by atoms with Gasteiger partial charge in [-0.05, 0) is 69.7 Å². The summed E-state index contributed by atoms with van der Waals surface area (Å²) in [6, 6.07) is 7.00. The van der Waals surface area contributed by atoms with Gasteiger partial charge >= 0.3 is 6.16 Å². The van der Waals surface area contributed by atoms with Crippen LogP contribution in [0.3, 0.4) is 0 Å². The molecular formula is C25H30N4O5S. The molecule has 1 saturated carbocycles. The van der Waals surface area contributed by atoms with E-state index in [4.69, 9.17) is 9.47 Å². The molecule has 0 spiro atoms. The number of benzene rings is 1. The fourth-order valence-electron chi connectivity index (χ4n) is 4.28. The number of amides is 1. The highest BCUT2D eigenvalue weighted by atomic mass is 32.1. The van der Waals surface area contributed by atoms with E-state index in [1.54, 1.807) is 22.5 Å². The molecule has 1 aliphatic rings. The maximum absolute atomic E-state index is 13.5. The van der Waals surface area contributed by atoms with Crippen molar-refractivity contribution in [3.05, 3.63) is 47.0 Å². The van der Waals surface area contributed by atoms with Crippen LogP contribution in [0.25, 0.3) is 5.69 Å². The number of ether oxygens (including phenoxy) is 2. The average molecular weight is 499 g/mol. The summed E-state index contributed by atoms with van der Waals surface area (Å²) in [5.41, 5.74) is 3.29. The number of aromatic nitrogens is 3. The van der Waals surface area contributed by atoms with Crippen LogP contribution in [0.1, 0.15) is 52.1 Å². The highest BCUT2D eigenvalue weighted by Crippen LogP contribution is 2.35. The molecule has 1 aromatic carbocycles. The number of anilines is 1. The molecule has 1 N–H and O–H groups in total. The zero-order valence-electron chi connectivity index (χ0n) is 20.1. The minimum atomic E-state index is -1.46. The van der Waals surface area contributed by atoms with Gasteiger partial charge in [0.15, 0.2) is 5.75 Å². The van der Waals surface area contributed by atoms with Crippen molar-refractivity contribution in [3.8, 4) is 17.2 Å². The van der Waals surface area contributed by atoms with E-state index in [1.807, 2.05) is 31.4 Å². The number of hydrogen-bond acceptors (Lipinski definition) is 7. The largest absolute Gasteiger partial charge is 0.511 e. The molecule has 3 aromatic rings. The van der Waals surface area contributed by atoms with Crippen molar-refractivity contribution in [2.75, 3.05) is 4.90 Å². The van der Waals surface area contributed by atoms with Gasteiger partial charge in [-0.15, -0.1) is 16.4 Å². The van der Waals surface area contributed by atoms with E-state index in [-0.39, 0.29) is 29.4 Å². The summed E-state index contributed by atoms with van der Waals surface area (Å²) in [5.74, 6) is 1.36. The van der Waals surface area contributed by atoms with Crippen molar-refractivity contribution in [1.82, 2.24) is 14.8 Å². The molecule has 0 saturated heterocycles. The van der Waals surface area contributed by atoms with Crippen LogP contribution in [-0.4, -0.2) is 38.0 Å². The van der Waals surface area contributed by atoms with Crippen LogP contribution in [0, 0.1) is 11.8 Å². The Morgan fingerprint density at radius 3 is 2.51 bits per heavy atom. The van der Waals surface area contributed by atoms with E-state index < -0.39 is 6.16 Å². The first-order chi connectivity index (χ1) is 16.8. The average Bonchev–Trinajstić information content (AvgIpc) is 3.49. The first kappa shape index (κ1) is 24.7. The van der Waals surface area contributed by atoms with E-state index in [0.717, 1.165) is 31.4 Å². The first-order valence-electron chi connectivity index (χ1n) is 11.8. The Labute approximate surface area is 208 Å². The summed E-state index contributed by atoms with van der Waals surface area (Å²) in [6.45, 7) is 6.36. The standard InChI is InChI=1S/C25H30N4O5S/c1-16(2)29(24(30)18-6-4-17(3)5-7-18)23-22(34-25(31)32)12-28(27-23)20-8-10-21(11-9-20)33-13-19-14-35-15-26-19/h8-12,14-18H,4-7,13H2,1-3H3,(H,31,32)/t17-,18-. The molecule has 2 aromatic heterocycles. The lowest BCUT2D eigenvalue weighted by Gasteiger charge is -2.32. The van der Waals surface area contributed by atoms with E-state index >= 15 is 0 Å². The highest BCUT2D eigenvalue weighted by molar-refractivity contribution is 7.07. The van der Waals surface area contributed by atoms with Gasteiger partial charge in [0.25, 0.3) is 0 Å². The van der Waals surface area contributed by atoms with Gasteiger partial charge in [-0.1, -0.05) is 6.92 Å². The number of hydrogen-bond donors (Lipinski definition) is 1. The topological polar surface area (TPSA) is 107 Å². The number of thiazole rings is 1. The molecule has 1 amide bonds. The second-order valence-electron chi connectivity index (χ2n) is 9.15. The molecule has 1 fully saturated rings. The molecule has 0 atom stereocenters. The second-order valence-corrected chi connectivity index (χ2v) is 9.87. The molecule has 0 unspecified atom stereocenters. The quantitative estimate of drug-likeness (QED) is 0.407. The van der Waals surface area contributed by atoms with Crippen molar-refractivity contribution in [2.45, 2.75) is 59.1 Å². The molecule has 35 heavy (non-hydrogen) atoms. The normalized spacial score (nSPS) is 17.8. The summed E-state index contributed by atoms with van der Waals surface area (Å²) in [5, 5.41) is 15.8. The first-order valence-corrected chi connectivity index (χ1v) is 12.7. The molecule has 1 aliphatic carbocycles. The Balaban J connectivity index is 1.58. The Kier molecular flexibility index (Phi) is 7.70. The smallest absolute Gasteiger partial charge is 0.487 e. The molecule has 4 rings (SSSR count). The molecule has 0 bridgehead atoms. The minimum absolute atomic E-state index is 0.0209. The van der Waals surface area contributed by atoms with E-state index in [1.165, 1.54) is 22.2 Å². The molecule has 0 aliphatic heterocycles. The fourth-order valence-corrected chi connectivity index (χ4v) is 4.83. The maximum Gasteiger partial charge on any atom is 0.511 e. The van der Waals surface area contributed by atoms with Crippen LogP contribution in [0.15, 0.2) is 41.4 Å². The lowest BCUT2D eigenvalue weighted by Crippen LogP contribution is -2.42. The summed E-state index contributed by atoms with van der Waals surface area (Å²) in [6.07, 6.45) is 3.68. The Morgan fingerprint density at radius 1 is 1.20 bits per heavy atom. The lowest BCUT2D eigenvalue weighted by molar-refractivity contribution is -0.124. The zero-order chi connectivity index (χ0) is 24.9. The third-order valence-electron chi connectivity index (χ3n) is 6.18. The molecule has 186 valence electrons. The van der Waals surface area contributed by atoms with Crippen LogP contribution in [0.2, 0.25) is 0 Å². The van der Waals surface area contributed by atoms with E-state index in [9.17, 15) is 14.7 Å². The van der Waals surface area contributed by atoms with Crippen molar-refractivity contribution < 1.29 is 24.2 Å². The zero-order valence-corrected chi connectivity index (χ0v) is 20.9. The monoisotopic (exact) mass is 498 g/mol. The van der Waals surface area contributed by atoms with Gasteiger partial charge in [0.2, 0.25) is 11.7 Å². The predicted molar refractivity (Wildman–Crippen MR) is 132 cm³/mol. The van der Waals surface area contributed by atoms with Gasteiger partial charge in [0, 0.05) is 17.3 Å². The van der Waals surface area contributed by atoms with Crippen LogP contribution >= 0.6 is 11.3 Å². The lowest BCUT2D eigenvalue weighted by atomic mass is 9.82. The van der Waals surface area contributed by atoms with Gasteiger partial charge in [0.1, 0.15) is 12.4 Å². The molecular weight excluding hydrogens is 468 g/mol. The molecule has 9 nitrogen and oxygen atoms in total. The SMILES string of the molecule is CC(C)N(c1nn(-c2ccc(OCc3cscn3)cc2)cc1OC(=O)O)C(=O)[C@H]1CC[C@H](C)CC1. The van der Waals surface area contributed by atoms with Gasteiger partial charge in [0.05, 0.1) is 23.1 Å². The summed E-state index contributed by atoms with van der Waals surface area (Å²) < 4.78 is 12.3. The molecule has 0 radical (unpaired) electrons. The van der Waals surface area contributed by atoms with Crippen molar-refractivity contribution in [2.24, 2.45) is 11.8 Å². The second kappa shape index (κ2) is 10.9. The number of carbonyl (C=O) groups is 2. The number of carbonyl (C=O) groups excluding carboxylic acids is 1. The Morgan fingerprint density at radius 2 is 1.91 bits per heavy atom. The minimum Gasteiger partial charge on any atom is -0.487 e. The van der Waals surface area contributed by atoms with E-state index in [0.29, 0.717) is 24.0 Å². The van der Waals surface area contributed by atoms with Gasteiger partial charge < -0.3 is 14.6 Å². The van der Waals surface area contributed by atoms with Gasteiger partial charge in [-0.2, -0.15) is 0 Å². The Hall–Kier alpha value is -3.40. The fraction of sp³-hybridized carbons (Fsp3) is 0.440. The maximum atomic E-state index is 13.5. The van der Waals surface area contributed by atoms with Gasteiger partial charge in [-0.25, -0.2) is 14.5 Å². The van der Waals surface area contributed by atoms with Crippen LogP contribution in [-0.2, 0) is 11.4 Å². The van der Waals surface area contributed by atoms with Crippen molar-refractivity contribution >= 4 is 29.2 Å². The van der Waals surface area contributed by atoms with Gasteiger partial charge in [-0.3, -0.25) is 9.69 Å². The number of nitrogens with zero attached hydrogens (tertiary/aromatic N) is 4. The third kappa shape index (κ3) is 6.00. The predicted octanol–water partition coefficient (Wildman–Crippen LogP) is 5.53. The molecule has 10 heteroatoms. The summed E-state index contributed by atoms with van der Waals surface area (Å²) in [7, 11) is 0. The van der Waals surface area contributed by atoms with Crippen LogP contribution < -0.4 is 14.4 Å². The Bertz CT molecular complexity index is 1140. The number of rotatable bonds is 8. The van der Waals surface area contributed by atoms with E-state index in [2.05, 4.69) is 17.0 Å². The van der Waals surface area contributed by atoms with Crippen molar-refractivity contribution in [1.29, 1.82) is 0 Å². The third-order valence-corrected chi connectivity index (χ3v) is 6.81. The van der Waals surface area contributed by atoms with Crippen LogP contribution in [0.4, 0.5) is 10.6 Å². The highest BCUT2D eigenvalue weighted by Gasteiger charge is 2.34. The summed E-state index contributed by atoms with van der Waals surface area (Å²) >= 11 is 1.51. The summed E-state index contributed by atoms with van der Waals surface area (Å²) in [4.78, 5) is 30.7. The molecule has 2 heterocycles. The number of carboxylic acid groups (broad SMARTS) is 1.